The Hall–Kier alpha value is 2.37. The van der Waals surface area contributed by atoms with Crippen molar-refractivity contribution in [2.24, 2.45) is 0 Å². The Morgan fingerprint density at radius 2 is 1.15 bits per heavy atom. The number of methoxy groups -OCH3 is 2. The normalized spacial score (nSPS) is 8.46. The van der Waals surface area contributed by atoms with E-state index in [4.69, 9.17) is 17.1 Å². The quantitative estimate of drug-likeness (QED) is 0.374. The molecule has 0 bridgehead atoms. The molecule has 0 aliphatic carbocycles. The van der Waals surface area contributed by atoms with E-state index in [1.807, 2.05) is 0 Å². The number of ether oxygens (including phenoxy) is 2. The van der Waals surface area contributed by atoms with Gasteiger partial charge in [-0.05, 0) is 0 Å². The Morgan fingerprint density at radius 3 is 1.46 bits per heavy atom. The van der Waals surface area contributed by atoms with Gasteiger partial charge in [0.15, 0.2) is 0 Å². The third-order valence-electron chi connectivity index (χ3n) is 0.947. The zero-order chi connectivity index (χ0) is 8.36. The molecule has 1 radical (unpaired) electrons. The molecule has 0 rings (SSSR count). The van der Waals surface area contributed by atoms with Crippen molar-refractivity contribution in [3.8, 4) is 0 Å². The molecule has 0 atom stereocenters. The molecule has 0 amide bonds. The van der Waals surface area contributed by atoms with Crippen molar-refractivity contribution in [1.29, 1.82) is 0 Å². The number of hydrogen-bond donors (Lipinski definition) is 0. The minimum atomic E-state index is -0.349. The molecular formula is C6H16AlNa2O4. The van der Waals surface area contributed by atoms with E-state index in [-0.39, 0.29) is 75.0 Å². The van der Waals surface area contributed by atoms with Gasteiger partial charge in [0, 0.05) is 27.4 Å². The molecule has 0 N–H and O–H groups in total. The summed E-state index contributed by atoms with van der Waals surface area (Å²) in [7, 11) is 3.29. The number of hydrogen-bond acceptors (Lipinski definition) is 4. The van der Waals surface area contributed by atoms with E-state index in [9.17, 15) is 0 Å². The molecule has 0 unspecified atom stereocenters. The zero-order valence-electron chi connectivity index (χ0n) is 7.04. The van der Waals surface area contributed by atoms with Crippen LogP contribution in [0.25, 0.3) is 0 Å². The van der Waals surface area contributed by atoms with Crippen LogP contribution in [0, 0.1) is 0 Å². The first-order valence-corrected chi connectivity index (χ1v) is 4.39. The molecule has 4 nitrogen and oxygen atoms in total. The van der Waals surface area contributed by atoms with Crippen molar-refractivity contribution < 1.29 is 17.1 Å². The summed E-state index contributed by atoms with van der Waals surface area (Å²) in [5.74, 6) is 0. The van der Waals surface area contributed by atoms with Crippen LogP contribution in [0.15, 0.2) is 0 Å². The van der Waals surface area contributed by atoms with Crippen molar-refractivity contribution in [2.45, 2.75) is 0 Å². The molecule has 0 spiro atoms. The monoisotopic (exact) mass is 225 g/mol. The topological polar surface area (TPSA) is 36.9 Å². The molecule has 0 fully saturated rings. The molecule has 0 heterocycles. The predicted molar refractivity (Wildman–Crippen MR) is 55.7 cm³/mol. The molecule has 7 heteroatoms. The van der Waals surface area contributed by atoms with Crippen molar-refractivity contribution in [3.05, 3.63) is 0 Å². The van der Waals surface area contributed by atoms with Crippen LogP contribution >= 0.6 is 0 Å². The standard InChI is InChI=1S/2C3H7O2.Al.2Na.2H/c2*1-5-3-2-4;;;;;/h2*2-3H2,1H3;;;;;/q2*-1;+2;;;;. The summed E-state index contributed by atoms with van der Waals surface area (Å²) in [6, 6.07) is 0. The fraction of sp³-hybridized carbons (Fsp3) is 1.00. The van der Waals surface area contributed by atoms with Crippen LogP contribution < -0.4 is 0 Å². The van der Waals surface area contributed by atoms with E-state index in [0.717, 1.165) is 0 Å². The first kappa shape index (κ1) is 20.7. The van der Waals surface area contributed by atoms with Crippen LogP contribution in [0.1, 0.15) is 0 Å². The first-order valence-electron chi connectivity index (χ1n) is 3.44. The molecule has 0 saturated heterocycles. The Morgan fingerprint density at radius 1 is 0.769 bits per heavy atom. The number of rotatable bonds is 8. The molecule has 0 aliphatic rings. The Labute approximate surface area is 131 Å². The van der Waals surface area contributed by atoms with Gasteiger partial charge in [0.05, 0.1) is 13.2 Å². The van der Waals surface area contributed by atoms with E-state index in [1.54, 1.807) is 14.2 Å². The molecular weight excluding hydrogens is 209 g/mol. The summed E-state index contributed by atoms with van der Waals surface area (Å²) in [6.45, 7) is 2.47. The molecule has 0 aliphatic heterocycles. The second-order valence-electron chi connectivity index (χ2n) is 1.82. The van der Waals surface area contributed by atoms with E-state index in [1.165, 1.54) is 0 Å². The van der Waals surface area contributed by atoms with Crippen LogP contribution in [0.3, 0.4) is 0 Å². The van der Waals surface area contributed by atoms with Gasteiger partial charge in [-0.2, -0.15) is 0 Å². The second-order valence-corrected chi connectivity index (χ2v) is 2.68. The fourth-order valence-electron chi connectivity index (χ4n) is 0.407. The summed E-state index contributed by atoms with van der Waals surface area (Å²) in [5, 5.41) is 0. The van der Waals surface area contributed by atoms with Gasteiger partial charge in [-0.25, -0.2) is 0 Å². The van der Waals surface area contributed by atoms with Crippen LogP contribution in [0.4, 0.5) is 0 Å². The van der Waals surface area contributed by atoms with E-state index in [0.29, 0.717) is 26.4 Å². The van der Waals surface area contributed by atoms with Gasteiger partial charge >= 0.3 is 75.0 Å². The molecule has 0 aromatic heterocycles. The van der Waals surface area contributed by atoms with E-state index in [2.05, 4.69) is 0 Å². The Kier molecular flexibility index (Phi) is 31.7. The van der Waals surface area contributed by atoms with Gasteiger partial charge in [-0.15, -0.1) is 0 Å². The maximum atomic E-state index is 5.10. The fourth-order valence-corrected chi connectivity index (χ4v) is 0.888. The molecule has 0 aromatic rings. The third-order valence-corrected chi connectivity index (χ3v) is 1.69. The van der Waals surface area contributed by atoms with Gasteiger partial charge in [0.25, 0.3) is 0 Å². The summed E-state index contributed by atoms with van der Waals surface area (Å²) in [4.78, 5) is 0. The minimum absolute atomic E-state index is 0. The summed E-state index contributed by atoms with van der Waals surface area (Å²) in [5.41, 5.74) is 0. The van der Waals surface area contributed by atoms with E-state index >= 15 is 0 Å². The maximum absolute atomic E-state index is 5.10. The first-order chi connectivity index (χ1) is 5.41. The molecule has 0 saturated carbocycles. The van der Waals surface area contributed by atoms with Crippen molar-refractivity contribution in [1.82, 2.24) is 0 Å². The van der Waals surface area contributed by atoms with Crippen molar-refractivity contribution in [2.75, 3.05) is 40.6 Å². The predicted octanol–water partition coefficient (Wildman–Crippen LogP) is -1.45. The summed E-state index contributed by atoms with van der Waals surface area (Å²) >= 11 is -0.349. The summed E-state index contributed by atoms with van der Waals surface area (Å²) < 4.78 is 19.8. The van der Waals surface area contributed by atoms with Gasteiger partial charge in [-0.3, -0.25) is 0 Å². The van der Waals surface area contributed by atoms with Crippen molar-refractivity contribution >= 4 is 75.0 Å². The van der Waals surface area contributed by atoms with Crippen LogP contribution in [-0.4, -0.2) is 116 Å². The SMILES string of the molecule is COCC[O][Al][O]CCOC.[NaH].[NaH]. The van der Waals surface area contributed by atoms with Gasteiger partial charge in [0.2, 0.25) is 0 Å². The molecule has 0 aromatic carbocycles. The molecule has 69 valence electrons. The van der Waals surface area contributed by atoms with Gasteiger partial charge < -0.3 is 17.1 Å². The van der Waals surface area contributed by atoms with Gasteiger partial charge in [0.1, 0.15) is 0 Å². The van der Waals surface area contributed by atoms with Crippen molar-refractivity contribution in [3.63, 3.8) is 0 Å². The summed E-state index contributed by atoms with van der Waals surface area (Å²) in [6.07, 6.45) is 0. The van der Waals surface area contributed by atoms with E-state index < -0.39 is 0 Å². The van der Waals surface area contributed by atoms with Crippen LogP contribution in [0.2, 0.25) is 0 Å². The third kappa shape index (κ3) is 20.4. The average molecular weight is 225 g/mol. The Balaban J connectivity index is -0.000000500. The van der Waals surface area contributed by atoms with Gasteiger partial charge in [-0.1, -0.05) is 0 Å². The van der Waals surface area contributed by atoms with Crippen LogP contribution in [-0.2, 0) is 17.1 Å². The second kappa shape index (κ2) is 19.9. The zero-order valence-corrected chi connectivity index (χ0v) is 8.19. The van der Waals surface area contributed by atoms with Crippen LogP contribution in [0.5, 0.6) is 0 Å². The Bertz CT molecular complexity index is 71.7. The average Bonchev–Trinajstić information content (AvgIpc) is 2.03. The molecule has 13 heavy (non-hydrogen) atoms.